The number of rotatable bonds is 3. The predicted molar refractivity (Wildman–Crippen MR) is 66.7 cm³/mol. The summed E-state index contributed by atoms with van der Waals surface area (Å²) in [5.74, 6) is 0. The molecule has 0 aliphatic heterocycles. The number of non-ortho nitro benzene ring substituents is 1. The summed E-state index contributed by atoms with van der Waals surface area (Å²) in [6.07, 6.45) is 0.112. The Balaban J connectivity index is 3.20. The molecule has 0 aliphatic carbocycles. The van der Waals surface area contributed by atoms with Crippen LogP contribution < -0.4 is 0 Å². The van der Waals surface area contributed by atoms with Crippen molar-refractivity contribution in [3.05, 3.63) is 37.9 Å². The number of hydrogen-bond acceptors (Lipinski definition) is 3. The third kappa shape index (κ3) is 3.47. The molecule has 1 rings (SSSR count). The van der Waals surface area contributed by atoms with E-state index >= 15 is 0 Å². The summed E-state index contributed by atoms with van der Waals surface area (Å²) < 4.78 is 0. The standard InChI is InChI=1S/C10H7Cl3N2O2/c1-10(13,5-14)4-7-8(11)2-6(15(16)17)3-9(7)12/h2-3H,4H2,1H3. The number of nitro benzene ring substituents is 1. The van der Waals surface area contributed by atoms with Crippen LogP contribution in [-0.4, -0.2) is 9.80 Å². The van der Waals surface area contributed by atoms with Gasteiger partial charge in [-0.3, -0.25) is 10.1 Å². The Labute approximate surface area is 113 Å². The highest BCUT2D eigenvalue weighted by atomic mass is 35.5. The van der Waals surface area contributed by atoms with E-state index in [2.05, 4.69) is 0 Å². The van der Waals surface area contributed by atoms with Gasteiger partial charge in [0.15, 0.2) is 0 Å². The second-order valence-corrected chi connectivity index (χ2v) is 5.28. The molecule has 0 aromatic heterocycles. The average Bonchev–Trinajstić information content (AvgIpc) is 2.23. The topological polar surface area (TPSA) is 66.9 Å². The van der Waals surface area contributed by atoms with Crippen LogP contribution in [0.3, 0.4) is 0 Å². The van der Waals surface area contributed by atoms with Gasteiger partial charge in [-0.1, -0.05) is 23.2 Å². The minimum atomic E-state index is -1.15. The summed E-state index contributed by atoms with van der Waals surface area (Å²) >= 11 is 17.7. The van der Waals surface area contributed by atoms with Gasteiger partial charge in [0.2, 0.25) is 0 Å². The second-order valence-electron chi connectivity index (χ2n) is 3.63. The van der Waals surface area contributed by atoms with Crippen LogP contribution in [0, 0.1) is 21.4 Å². The molecule has 0 saturated heterocycles. The summed E-state index contributed by atoms with van der Waals surface area (Å²) in [4.78, 5) is 8.83. The third-order valence-electron chi connectivity index (χ3n) is 2.08. The highest BCUT2D eigenvalue weighted by Gasteiger charge is 2.25. The van der Waals surface area contributed by atoms with Crippen molar-refractivity contribution < 1.29 is 4.92 Å². The van der Waals surface area contributed by atoms with Gasteiger partial charge < -0.3 is 0 Å². The van der Waals surface area contributed by atoms with Crippen molar-refractivity contribution in [3.8, 4) is 6.07 Å². The first-order valence-electron chi connectivity index (χ1n) is 4.49. The molecule has 1 aromatic rings. The van der Waals surface area contributed by atoms with Crippen LogP contribution in [0.4, 0.5) is 5.69 Å². The molecular formula is C10H7Cl3N2O2. The van der Waals surface area contributed by atoms with E-state index in [9.17, 15) is 10.1 Å². The lowest BCUT2D eigenvalue weighted by molar-refractivity contribution is -0.384. The fourth-order valence-electron chi connectivity index (χ4n) is 1.24. The Morgan fingerprint density at radius 2 is 1.94 bits per heavy atom. The highest BCUT2D eigenvalue weighted by molar-refractivity contribution is 6.36. The molecule has 0 saturated carbocycles. The number of benzene rings is 1. The quantitative estimate of drug-likeness (QED) is 0.481. The third-order valence-corrected chi connectivity index (χ3v) is 2.97. The zero-order valence-electron chi connectivity index (χ0n) is 8.71. The van der Waals surface area contributed by atoms with Crippen molar-refractivity contribution in [3.63, 3.8) is 0 Å². The molecule has 0 fully saturated rings. The van der Waals surface area contributed by atoms with Gasteiger partial charge in [0.25, 0.3) is 5.69 Å². The van der Waals surface area contributed by atoms with Crippen LogP contribution >= 0.6 is 34.8 Å². The van der Waals surface area contributed by atoms with E-state index < -0.39 is 9.80 Å². The van der Waals surface area contributed by atoms with E-state index in [0.29, 0.717) is 5.56 Å². The summed E-state index contributed by atoms with van der Waals surface area (Å²) in [5.41, 5.74) is 0.231. The monoisotopic (exact) mass is 292 g/mol. The first-order chi connectivity index (χ1) is 7.76. The molecule has 0 N–H and O–H groups in total. The largest absolute Gasteiger partial charge is 0.272 e. The van der Waals surface area contributed by atoms with Crippen LogP contribution in [0.1, 0.15) is 12.5 Å². The van der Waals surface area contributed by atoms with E-state index in [4.69, 9.17) is 40.1 Å². The van der Waals surface area contributed by atoms with Crippen LogP contribution in [0.15, 0.2) is 12.1 Å². The first kappa shape index (κ1) is 14.0. The molecule has 17 heavy (non-hydrogen) atoms. The van der Waals surface area contributed by atoms with Crippen molar-refractivity contribution in [2.45, 2.75) is 18.2 Å². The normalized spacial score (nSPS) is 13.8. The molecule has 1 atom stereocenters. The van der Waals surface area contributed by atoms with Gasteiger partial charge in [-0.25, -0.2) is 0 Å². The lowest BCUT2D eigenvalue weighted by Crippen LogP contribution is -2.17. The Hall–Kier alpha value is -1.02. The van der Waals surface area contributed by atoms with Crippen LogP contribution in [0.25, 0.3) is 0 Å². The Bertz CT molecular complexity index is 486. The summed E-state index contributed by atoms with van der Waals surface area (Å²) in [6, 6.07) is 4.27. The fraction of sp³-hybridized carbons (Fsp3) is 0.300. The minimum Gasteiger partial charge on any atom is -0.258 e. The molecule has 1 unspecified atom stereocenters. The van der Waals surface area contributed by atoms with Crippen molar-refractivity contribution in [2.75, 3.05) is 0 Å². The van der Waals surface area contributed by atoms with Crippen LogP contribution in [0.2, 0.25) is 10.0 Å². The predicted octanol–water partition coefficient (Wildman–Crippen LogP) is 3.97. The molecule has 1 aromatic carbocycles. The molecule has 0 bridgehead atoms. The molecule has 0 radical (unpaired) electrons. The average molecular weight is 294 g/mol. The van der Waals surface area contributed by atoms with Gasteiger partial charge in [0, 0.05) is 18.6 Å². The maximum absolute atomic E-state index is 10.6. The van der Waals surface area contributed by atoms with E-state index in [0.717, 1.165) is 0 Å². The van der Waals surface area contributed by atoms with Gasteiger partial charge in [-0.05, 0) is 12.5 Å². The van der Waals surface area contributed by atoms with E-state index in [1.54, 1.807) is 0 Å². The maximum Gasteiger partial charge on any atom is 0.272 e. The smallest absolute Gasteiger partial charge is 0.258 e. The second kappa shape index (κ2) is 5.09. The molecule has 90 valence electrons. The van der Waals surface area contributed by atoms with E-state index in [1.165, 1.54) is 19.1 Å². The van der Waals surface area contributed by atoms with Gasteiger partial charge >= 0.3 is 0 Å². The molecule has 7 heteroatoms. The molecular weight excluding hydrogens is 286 g/mol. The van der Waals surface area contributed by atoms with Crippen LogP contribution in [-0.2, 0) is 6.42 Å². The van der Waals surface area contributed by atoms with Gasteiger partial charge in [0.1, 0.15) is 4.87 Å². The number of hydrogen-bond donors (Lipinski definition) is 0. The summed E-state index contributed by atoms with van der Waals surface area (Å²) in [6.45, 7) is 1.52. The number of nitriles is 1. The molecule has 4 nitrogen and oxygen atoms in total. The minimum absolute atomic E-state index is 0.112. The molecule has 0 amide bonds. The zero-order chi connectivity index (χ0) is 13.2. The lowest BCUT2D eigenvalue weighted by atomic mass is 10.0. The first-order valence-corrected chi connectivity index (χ1v) is 5.63. The van der Waals surface area contributed by atoms with Gasteiger partial charge in [0.05, 0.1) is 21.0 Å². The van der Waals surface area contributed by atoms with Crippen molar-refractivity contribution >= 4 is 40.5 Å². The number of nitrogens with zero attached hydrogens (tertiary/aromatic N) is 2. The fourth-order valence-corrected chi connectivity index (χ4v) is 1.98. The zero-order valence-corrected chi connectivity index (χ0v) is 11.0. The molecule has 0 heterocycles. The summed E-state index contributed by atoms with van der Waals surface area (Å²) in [7, 11) is 0. The molecule has 0 aliphatic rings. The van der Waals surface area contributed by atoms with Crippen molar-refractivity contribution in [2.24, 2.45) is 0 Å². The van der Waals surface area contributed by atoms with Crippen molar-refractivity contribution in [1.29, 1.82) is 5.26 Å². The summed E-state index contributed by atoms with van der Waals surface area (Å²) in [5, 5.41) is 19.6. The highest BCUT2D eigenvalue weighted by Crippen LogP contribution is 2.34. The number of nitro groups is 1. The SMILES string of the molecule is CC(Cl)(C#N)Cc1c(Cl)cc([N+](=O)[O-])cc1Cl. The lowest BCUT2D eigenvalue weighted by Gasteiger charge is -2.14. The van der Waals surface area contributed by atoms with Gasteiger partial charge in [-0.2, -0.15) is 5.26 Å². The van der Waals surface area contributed by atoms with E-state index in [-0.39, 0.29) is 22.2 Å². The Morgan fingerprint density at radius 3 is 2.29 bits per heavy atom. The number of alkyl halides is 1. The maximum atomic E-state index is 10.6. The Morgan fingerprint density at radius 1 is 1.47 bits per heavy atom. The van der Waals surface area contributed by atoms with Crippen molar-refractivity contribution in [1.82, 2.24) is 0 Å². The Kier molecular flexibility index (Phi) is 4.21. The van der Waals surface area contributed by atoms with Gasteiger partial charge in [-0.15, -0.1) is 11.6 Å². The number of halogens is 3. The van der Waals surface area contributed by atoms with Crippen LogP contribution in [0.5, 0.6) is 0 Å². The molecule has 0 spiro atoms. The van der Waals surface area contributed by atoms with E-state index in [1.807, 2.05) is 6.07 Å².